The molecule has 1 aromatic heterocycles. The molecule has 0 radical (unpaired) electrons. The Hall–Kier alpha value is -3.07. The van der Waals surface area contributed by atoms with Crippen LogP contribution in [0.4, 0.5) is 13.2 Å². The number of amides is 1. The highest BCUT2D eigenvalue weighted by Crippen LogP contribution is 2.30. The summed E-state index contributed by atoms with van der Waals surface area (Å²) in [5.41, 5.74) is 0.473. The number of nitrogens with one attached hydrogen (secondary N) is 1. The molecule has 0 atom stereocenters. The fourth-order valence-electron chi connectivity index (χ4n) is 2.60. The monoisotopic (exact) mass is 408 g/mol. The van der Waals surface area contributed by atoms with Crippen LogP contribution in [0.1, 0.15) is 21.5 Å². The van der Waals surface area contributed by atoms with Gasteiger partial charge in [-0.3, -0.25) is 4.79 Å². The van der Waals surface area contributed by atoms with E-state index in [0.29, 0.717) is 11.8 Å². The number of carbonyl (C=O) groups excluding carboxylic acids is 1. The summed E-state index contributed by atoms with van der Waals surface area (Å²) >= 11 is 0. The van der Waals surface area contributed by atoms with Gasteiger partial charge >= 0.3 is 6.18 Å². The molecule has 146 valence electrons. The second-order valence-corrected chi connectivity index (χ2v) is 7.73. The number of halogens is 3. The van der Waals surface area contributed by atoms with E-state index in [-0.39, 0.29) is 5.56 Å². The average molecular weight is 408 g/mol. The van der Waals surface area contributed by atoms with Gasteiger partial charge in [0.25, 0.3) is 15.9 Å². The molecular weight excluding hydrogens is 393 g/mol. The first-order valence-electron chi connectivity index (χ1n) is 8.06. The van der Waals surface area contributed by atoms with Gasteiger partial charge < -0.3 is 4.57 Å². The van der Waals surface area contributed by atoms with E-state index in [1.165, 1.54) is 12.1 Å². The molecular formula is C19H15F3N2O3S. The molecule has 0 aliphatic carbocycles. The third-order valence-corrected chi connectivity index (χ3v) is 5.38. The molecule has 0 aliphatic heterocycles. The van der Waals surface area contributed by atoms with Crippen LogP contribution in [0, 0.1) is 6.92 Å². The minimum absolute atomic E-state index is 0.0600. The molecule has 0 spiro atoms. The third-order valence-electron chi connectivity index (χ3n) is 4.05. The first kappa shape index (κ1) is 19.7. The summed E-state index contributed by atoms with van der Waals surface area (Å²) in [4.78, 5) is 11.8. The van der Waals surface area contributed by atoms with Crippen LogP contribution in [0.2, 0.25) is 0 Å². The van der Waals surface area contributed by atoms with Gasteiger partial charge in [0.1, 0.15) is 0 Å². The fourth-order valence-corrected chi connectivity index (χ4v) is 3.62. The molecule has 0 unspecified atom stereocenters. The topological polar surface area (TPSA) is 68.2 Å². The molecule has 3 rings (SSSR count). The van der Waals surface area contributed by atoms with Gasteiger partial charge in [-0.05, 0) is 55.0 Å². The minimum atomic E-state index is -4.70. The smallest absolute Gasteiger partial charge is 0.324 e. The minimum Gasteiger partial charge on any atom is -0.324 e. The van der Waals surface area contributed by atoms with Crippen LogP contribution in [0.5, 0.6) is 0 Å². The molecule has 9 heteroatoms. The molecule has 2 aromatic carbocycles. The van der Waals surface area contributed by atoms with Crippen LogP contribution < -0.4 is 4.72 Å². The SMILES string of the molecule is Cc1ccc(C(=O)NS(=O)(=O)c2cccc(C(F)(F)F)c2)cc1-n1cccc1. The number of aryl methyl sites for hydroxylation is 1. The Bertz CT molecular complexity index is 1120. The zero-order valence-corrected chi connectivity index (χ0v) is 15.4. The summed E-state index contributed by atoms with van der Waals surface area (Å²) in [7, 11) is -4.47. The predicted octanol–water partition coefficient (Wildman–Crippen LogP) is 3.92. The first-order valence-corrected chi connectivity index (χ1v) is 9.55. The van der Waals surface area contributed by atoms with E-state index in [9.17, 15) is 26.4 Å². The van der Waals surface area contributed by atoms with Crippen molar-refractivity contribution < 1.29 is 26.4 Å². The largest absolute Gasteiger partial charge is 0.416 e. The molecule has 0 saturated heterocycles. The maximum absolute atomic E-state index is 12.8. The Labute approximate surface area is 159 Å². The van der Waals surface area contributed by atoms with Crippen molar-refractivity contribution >= 4 is 15.9 Å². The van der Waals surface area contributed by atoms with E-state index < -0.39 is 32.6 Å². The molecule has 0 saturated carbocycles. The fraction of sp³-hybridized carbons (Fsp3) is 0.105. The van der Waals surface area contributed by atoms with Gasteiger partial charge in [-0.1, -0.05) is 12.1 Å². The summed E-state index contributed by atoms with van der Waals surface area (Å²) in [5.74, 6) is -0.939. The van der Waals surface area contributed by atoms with Gasteiger partial charge in [0.15, 0.2) is 0 Å². The number of carbonyl (C=O) groups is 1. The first-order chi connectivity index (χ1) is 13.1. The third kappa shape index (κ3) is 4.09. The Morgan fingerprint density at radius 1 is 1.00 bits per heavy atom. The molecule has 0 fully saturated rings. The van der Waals surface area contributed by atoms with Crippen molar-refractivity contribution in [1.29, 1.82) is 0 Å². The van der Waals surface area contributed by atoms with Crippen LogP contribution in [0.15, 0.2) is 71.9 Å². The number of hydrogen-bond donors (Lipinski definition) is 1. The summed E-state index contributed by atoms with van der Waals surface area (Å²) in [6.45, 7) is 1.83. The molecule has 0 aliphatic rings. The Morgan fingerprint density at radius 2 is 1.68 bits per heavy atom. The average Bonchev–Trinajstić information content (AvgIpc) is 3.15. The summed E-state index contributed by atoms with van der Waals surface area (Å²) < 4.78 is 66.8. The highest BCUT2D eigenvalue weighted by molar-refractivity contribution is 7.90. The van der Waals surface area contributed by atoms with E-state index in [2.05, 4.69) is 0 Å². The van der Waals surface area contributed by atoms with E-state index in [4.69, 9.17) is 0 Å². The number of nitrogens with zero attached hydrogens (tertiary/aromatic N) is 1. The van der Waals surface area contributed by atoms with Gasteiger partial charge in [-0.25, -0.2) is 13.1 Å². The molecule has 1 N–H and O–H groups in total. The lowest BCUT2D eigenvalue weighted by Crippen LogP contribution is -2.30. The Balaban J connectivity index is 1.90. The zero-order valence-electron chi connectivity index (χ0n) is 14.6. The Morgan fingerprint density at radius 3 is 2.32 bits per heavy atom. The van der Waals surface area contributed by atoms with Crippen molar-refractivity contribution in [3.05, 3.63) is 83.7 Å². The second kappa shape index (κ2) is 7.16. The molecule has 28 heavy (non-hydrogen) atoms. The van der Waals surface area contributed by atoms with Crippen molar-refractivity contribution in [3.8, 4) is 5.69 Å². The van der Waals surface area contributed by atoms with Crippen molar-refractivity contribution in [2.75, 3.05) is 0 Å². The maximum atomic E-state index is 12.8. The quantitative estimate of drug-likeness (QED) is 0.712. The standard InChI is InChI=1S/C19H15F3N2O3S/c1-13-7-8-14(11-17(13)24-9-2-3-10-24)18(25)23-28(26,27)16-6-4-5-15(12-16)19(20,21)22/h2-12H,1H3,(H,23,25). The highest BCUT2D eigenvalue weighted by Gasteiger charge is 2.32. The number of alkyl halides is 3. The molecule has 1 heterocycles. The lowest BCUT2D eigenvalue weighted by atomic mass is 10.1. The van der Waals surface area contributed by atoms with Gasteiger partial charge in [0, 0.05) is 23.6 Å². The number of hydrogen-bond acceptors (Lipinski definition) is 3. The number of benzene rings is 2. The van der Waals surface area contributed by atoms with Crippen molar-refractivity contribution in [1.82, 2.24) is 9.29 Å². The number of sulfonamides is 1. The molecule has 5 nitrogen and oxygen atoms in total. The molecule has 3 aromatic rings. The van der Waals surface area contributed by atoms with Gasteiger partial charge in [-0.2, -0.15) is 13.2 Å². The van der Waals surface area contributed by atoms with Crippen LogP contribution in [-0.2, 0) is 16.2 Å². The van der Waals surface area contributed by atoms with E-state index in [0.717, 1.165) is 23.8 Å². The van der Waals surface area contributed by atoms with E-state index >= 15 is 0 Å². The summed E-state index contributed by atoms with van der Waals surface area (Å²) in [6.07, 6.45) is -1.16. The van der Waals surface area contributed by atoms with Crippen LogP contribution >= 0.6 is 0 Å². The number of rotatable bonds is 4. The van der Waals surface area contributed by atoms with Gasteiger partial charge in [0.2, 0.25) is 0 Å². The van der Waals surface area contributed by atoms with Gasteiger partial charge in [-0.15, -0.1) is 0 Å². The summed E-state index contributed by atoms with van der Waals surface area (Å²) in [5, 5.41) is 0. The normalized spacial score (nSPS) is 12.0. The zero-order chi connectivity index (χ0) is 20.5. The highest BCUT2D eigenvalue weighted by atomic mass is 32.2. The van der Waals surface area contributed by atoms with Crippen molar-refractivity contribution in [3.63, 3.8) is 0 Å². The lowest BCUT2D eigenvalue weighted by molar-refractivity contribution is -0.137. The van der Waals surface area contributed by atoms with E-state index in [1.54, 1.807) is 35.2 Å². The van der Waals surface area contributed by atoms with E-state index in [1.807, 2.05) is 11.6 Å². The Kier molecular flexibility index (Phi) is 5.03. The van der Waals surface area contributed by atoms with Crippen LogP contribution in [0.25, 0.3) is 5.69 Å². The maximum Gasteiger partial charge on any atom is 0.416 e. The van der Waals surface area contributed by atoms with Gasteiger partial charge in [0.05, 0.1) is 10.5 Å². The molecule has 0 bridgehead atoms. The van der Waals surface area contributed by atoms with Crippen LogP contribution in [-0.4, -0.2) is 18.9 Å². The van der Waals surface area contributed by atoms with Crippen molar-refractivity contribution in [2.45, 2.75) is 18.0 Å². The van der Waals surface area contributed by atoms with Crippen LogP contribution in [0.3, 0.4) is 0 Å². The molecule has 1 amide bonds. The number of aromatic nitrogens is 1. The van der Waals surface area contributed by atoms with Crippen molar-refractivity contribution in [2.24, 2.45) is 0 Å². The summed E-state index contributed by atoms with van der Waals surface area (Å²) in [6, 6.07) is 11.4. The second-order valence-electron chi connectivity index (χ2n) is 6.05. The lowest BCUT2D eigenvalue weighted by Gasteiger charge is -2.12. The predicted molar refractivity (Wildman–Crippen MR) is 96.6 cm³/mol.